The molecule has 1 aliphatic carbocycles. The Morgan fingerprint density at radius 3 is 2.57 bits per heavy atom. The number of benzene rings is 1. The zero-order chi connectivity index (χ0) is 19.6. The Morgan fingerprint density at radius 1 is 1.11 bits per heavy atom. The molecule has 0 spiro atoms. The Kier molecular flexibility index (Phi) is 3.90. The molecule has 1 aliphatic heterocycles. The Hall–Kier alpha value is -2.55. The number of halogens is 4. The lowest BCUT2D eigenvalue weighted by Gasteiger charge is -2.13. The van der Waals surface area contributed by atoms with E-state index in [1.54, 1.807) is 6.92 Å². The monoisotopic (exact) mass is 406 g/mol. The zero-order valence-corrected chi connectivity index (χ0v) is 15.5. The van der Waals surface area contributed by atoms with Crippen molar-refractivity contribution < 1.29 is 17.6 Å². The first-order valence-corrected chi connectivity index (χ1v) is 9.60. The van der Waals surface area contributed by atoms with E-state index in [9.17, 15) is 17.6 Å². The van der Waals surface area contributed by atoms with Crippen LogP contribution in [0.4, 0.5) is 17.6 Å². The normalized spacial score (nSPS) is 17.9. The molecule has 3 aromatic rings. The van der Waals surface area contributed by atoms with Gasteiger partial charge >= 0.3 is 0 Å². The SMILES string of the molecule is Cc1nnc2n1-c1sc3c(c1C(c1c(F)cccc1F)=NC2)CC(C(F)F)C3. The summed E-state index contributed by atoms with van der Waals surface area (Å²) in [5.41, 5.74) is 1.14. The van der Waals surface area contributed by atoms with Gasteiger partial charge in [-0.15, -0.1) is 21.5 Å². The van der Waals surface area contributed by atoms with Crippen molar-refractivity contribution in [2.75, 3.05) is 0 Å². The highest BCUT2D eigenvalue weighted by Crippen LogP contribution is 2.44. The first-order chi connectivity index (χ1) is 13.5. The molecule has 0 amide bonds. The number of thiophene rings is 1. The van der Waals surface area contributed by atoms with Crippen molar-refractivity contribution in [3.63, 3.8) is 0 Å². The summed E-state index contributed by atoms with van der Waals surface area (Å²) in [6.45, 7) is 1.88. The van der Waals surface area contributed by atoms with Crippen molar-refractivity contribution in [1.29, 1.82) is 0 Å². The third-order valence-electron chi connectivity index (χ3n) is 5.25. The highest BCUT2D eigenvalue weighted by atomic mass is 32.1. The third-order valence-corrected chi connectivity index (χ3v) is 6.49. The molecule has 1 aromatic carbocycles. The van der Waals surface area contributed by atoms with E-state index >= 15 is 0 Å². The Labute approximate surface area is 161 Å². The van der Waals surface area contributed by atoms with Crippen molar-refractivity contribution in [1.82, 2.24) is 14.8 Å². The lowest BCUT2D eigenvalue weighted by molar-refractivity contribution is 0.0826. The molecule has 2 aliphatic rings. The second-order valence-electron chi connectivity index (χ2n) is 6.95. The van der Waals surface area contributed by atoms with E-state index in [-0.39, 0.29) is 30.7 Å². The van der Waals surface area contributed by atoms with E-state index in [1.165, 1.54) is 29.5 Å². The van der Waals surface area contributed by atoms with Crippen LogP contribution in [0.2, 0.25) is 0 Å². The van der Waals surface area contributed by atoms with Crippen LogP contribution in [0.25, 0.3) is 5.00 Å². The van der Waals surface area contributed by atoms with Gasteiger partial charge in [0.2, 0.25) is 6.43 Å². The Bertz CT molecular complexity index is 1110. The molecule has 2 aromatic heterocycles. The summed E-state index contributed by atoms with van der Waals surface area (Å²) in [7, 11) is 0. The van der Waals surface area contributed by atoms with Crippen LogP contribution in [-0.2, 0) is 19.4 Å². The smallest absolute Gasteiger partial charge is 0.242 e. The predicted molar refractivity (Wildman–Crippen MR) is 96.6 cm³/mol. The highest BCUT2D eigenvalue weighted by molar-refractivity contribution is 7.15. The topological polar surface area (TPSA) is 43.1 Å². The minimum atomic E-state index is -2.45. The zero-order valence-electron chi connectivity index (χ0n) is 14.7. The molecule has 0 fully saturated rings. The van der Waals surface area contributed by atoms with Gasteiger partial charge in [0.15, 0.2) is 5.82 Å². The van der Waals surface area contributed by atoms with E-state index < -0.39 is 24.0 Å². The molecule has 4 nitrogen and oxygen atoms in total. The number of alkyl halides is 2. The fraction of sp³-hybridized carbons (Fsp3) is 0.316. The fourth-order valence-corrected chi connectivity index (χ4v) is 5.45. The van der Waals surface area contributed by atoms with Gasteiger partial charge in [0.25, 0.3) is 0 Å². The lowest BCUT2D eigenvalue weighted by Crippen LogP contribution is -2.14. The second kappa shape index (κ2) is 6.23. The number of hydrogen-bond acceptors (Lipinski definition) is 4. The van der Waals surface area contributed by atoms with Crippen molar-refractivity contribution in [2.45, 2.75) is 32.7 Å². The number of rotatable bonds is 2. The summed E-state index contributed by atoms with van der Waals surface area (Å²) in [5, 5.41) is 8.89. The van der Waals surface area contributed by atoms with Crippen molar-refractivity contribution >= 4 is 17.0 Å². The van der Waals surface area contributed by atoms with Gasteiger partial charge in [-0.25, -0.2) is 17.6 Å². The summed E-state index contributed by atoms with van der Waals surface area (Å²) in [5.74, 6) is -1.09. The maximum absolute atomic E-state index is 14.6. The fourth-order valence-electron chi connectivity index (χ4n) is 3.96. The van der Waals surface area contributed by atoms with Gasteiger partial charge in [-0.3, -0.25) is 9.56 Å². The minimum absolute atomic E-state index is 0.0956. The molecular formula is C19H14F4N4S. The average molecular weight is 406 g/mol. The van der Waals surface area contributed by atoms with E-state index in [4.69, 9.17) is 0 Å². The van der Waals surface area contributed by atoms with Crippen molar-refractivity contribution in [2.24, 2.45) is 10.9 Å². The van der Waals surface area contributed by atoms with Crippen LogP contribution in [0, 0.1) is 24.5 Å². The first-order valence-electron chi connectivity index (χ1n) is 8.79. The van der Waals surface area contributed by atoms with Crippen molar-refractivity contribution in [3.8, 4) is 5.00 Å². The van der Waals surface area contributed by atoms with Gasteiger partial charge in [0.05, 0.1) is 11.3 Å². The molecule has 144 valence electrons. The number of nitrogens with zero attached hydrogens (tertiary/aromatic N) is 4. The van der Waals surface area contributed by atoms with E-state index in [0.717, 1.165) is 4.88 Å². The molecule has 3 heterocycles. The number of aryl methyl sites for hydroxylation is 1. The molecule has 1 unspecified atom stereocenters. The lowest BCUT2D eigenvalue weighted by atomic mass is 9.97. The molecule has 1 atom stereocenters. The molecule has 0 N–H and O–H groups in total. The number of aliphatic imine (C=N–C) groups is 1. The largest absolute Gasteiger partial charge is 0.276 e. The van der Waals surface area contributed by atoms with Gasteiger partial charge in [-0.1, -0.05) is 6.07 Å². The molecule has 5 rings (SSSR count). The van der Waals surface area contributed by atoms with Gasteiger partial charge in [-0.2, -0.15) is 0 Å². The van der Waals surface area contributed by atoms with E-state index in [1.807, 2.05) is 4.57 Å². The Balaban J connectivity index is 1.78. The van der Waals surface area contributed by atoms with Crippen LogP contribution < -0.4 is 0 Å². The Morgan fingerprint density at radius 2 is 1.86 bits per heavy atom. The number of aromatic nitrogens is 3. The van der Waals surface area contributed by atoms with Crippen molar-refractivity contribution in [3.05, 3.63) is 63.0 Å². The standard InChI is InChI=1S/C19H14F4N4S/c1-8-25-26-14-7-24-17(16-11(20)3-2-4-12(16)21)15-10-5-9(18(22)23)6-13(10)28-19(15)27(8)14/h2-4,9,18H,5-7H2,1H3. The second-order valence-corrected chi connectivity index (χ2v) is 8.03. The molecule has 0 bridgehead atoms. The summed E-state index contributed by atoms with van der Waals surface area (Å²) >= 11 is 1.35. The van der Waals surface area contributed by atoms with E-state index in [0.29, 0.717) is 27.8 Å². The summed E-state index contributed by atoms with van der Waals surface area (Å²) in [6.07, 6.45) is -2.04. The molecule has 28 heavy (non-hydrogen) atoms. The van der Waals surface area contributed by atoms with Gasteiger partial charge in [-0.05, 0) is 37.5 Å². The maximum atomic E-state index is 14.6. The summed E-state index contributed by atoms with van der Waals surface area (Å²) in [6, 6.07) is 3.63. The van der Waals surface area contributed by atoms with Gasteiger partial charge in [0.1, 0.15) is 29.0 Å². The van der Waals surface area contributed by atoms with Crippen LogP contribution in [0.5, 0.6) is 0 Å². The number of fused-ring (bicyclic) bond motifs is 5. The third kappa shape index (κ3) is 2.45. The van der Waals surface area contributed by atoms with E-state index in [2.05, 4.69) is 15.2 Å². The molecular weight excluding hydrogens is 392 g/mol. The van der Waals surface area contributed by atoms with Crippen LogP contribution in [0.3, 0.4) is 0 Å². The van der Waals surface area contributed by atoms with Crippen LogP contribution in [0.15, 0.2) is 23.2 Å². The highest BCUT2D eigenvalue weighted by Gasteiger charge is 2.38. The van der Waals surface area contributed by atoms with Gasteiger partial charge in [0, 0.05) is 16.4 Å². The summed E-state index contributed by atoms with van der Waals surface area (Å²) in [4.78, 5) is 5.27. The molecule has 0 radical (unpaired) electrons. The van der Waals surface area contributed by atoms with Crippen LogP contribution in [-0.4, -0.2) is 26.9 Å². The van der Waals surface area contributed by atoms with Crippen LogP contribution >= 0.6 is 11.3 Å². The maximum Gasteiger partial charge on any atom is 0.242 e. The quantitative estimate of drug-likeness (QED) is 0.598. The first kappa shape index (κ1) is 17.5. The summed E-state index contributed by atoms with van der Waals surface area (Å²) < 4.78 is 57.6. The minimum Gasteiger partial charge on any atom is -0.276 e. The average Bonchev–Trinajstić information content (AvgIpc) is 3.27. The molecule has 0 saturated heterocycles. The van der Waals surface area contributed by atoms with Crippen LogP contribution in [0.1, 0.15) is 33.2 Å². The molecule has 9 heteroatoms. The number of hydrogen-bond donors (Lipinski definition) is 0. The van der Waals surface area contributed by atoms with Gasteiger partial charge < -0.3 is 0 Å². The molecule has 0 saturated carbocycles. The predicted octanol–water partition coefficient (Wildman–Crippen LogP) is 4.25.